The van der Waals surface area contributed by atoms with Gasteiger partial charge in [-0.2, -0.15) is 5.10 Å². The maximum Gasteiger partial charge on any atom is 0.338 e. The van der Waals surface area contributed by atoms with Crippen molar-refractivity contribution in [2.24, 2.45) is 0 Å². The number of likely N-dealkylation sites (tertiary alicyclic amines) is 1. The number of nitrogens with zero attached hydrogens (tertiary/aromatic N) is 3. The third kappa shape index (κ3) is 3.32. The summed E-state index contributed by atoms with van der Waals surface area (Å²) in [6, 6.07) is 8.90. The van der Waals surface area contributed by atoms with E-state index in [4.69, 9.17) is 4.74 Å². The molecule has 24 heavy (non-hydrogen) atoms. The summed E-state index contributed by atoms with van der Waals surface area (Å²) in [5.41, 5.74) is 2.30. The first-order valence-corrected chi connectivity index (χ1v) is 8.17. The SMILES string of the molecule is Cc1ccnn1-c1ccc(C(=O)O[C@H](C)C(=O)N2CCCC2)cc1. The molecule has 0 radical (unpaired) electrons. The first kappa shape index (κ1) is 16.2. The number of amides is 1. The Morgan fingerprint density at radius 3 is 2.38 bits per heavy atom. The summed E-state index contributed by atoms with van der Waals surface area (Å²) < 4.78 is 7.10. The van der Waals surface area contributed by atoms with Crippen molar-refractivity contribution >= 4 is 11.9 Å². The number of hydrogen-bond donors (Lipinski definition) is 0. The first-order chi connectivity index (χ1) is 11.6. The lowest BCUT2D eigenvalue weighted by atomic mass is 10.2. The summed E-state index contributed by atoms with van der Waals surface area (Å²) in [6.07, 6.45) is 2.99. The monoisotopic (exact) mass is 327 g/mol. The second-order valence-corrected chi connectivity index (χ2v) is 6.01. The highest BCUT2D eigenvalue weighted by molar-refractivity contribution is 5.92. The molecule has 0 N–H and O–H groups in total. The van der Waals surface area contributed by atoms with Gasteiger partial charge in [-0.3, -0.25) is 4.79 Å². The lowest BCUT2D eigenvalue weighted by molar-refractivity contribution is -0.138. The van der Waals surface area contributed by atoms with E-state index < -0.39 is 12.1 Å². The Balaban J connectivity index is 1.64. The summed E-state index contributed by atoms with van der Waals surface area (Å²) >= 11 is 0. The van der Waals surface area contributed by atoms with Crippen molar-refractivity contribution in [2.45, 2.75) is 32.8 Å². The lowest BCUT2D eigenvalue weighted by Crippen LogP contribution is -2.38. The second-order valence-electron chi connectivity index (χ2n) is 6.01. The highest BCUT2D eigenvalue weighted by Crippen LogP contribution is 2.14. The van der Waals surface area contributed by atoms with E-state index in [9.17, 15) is 9.59 Å². The number of aryl methyl sites for hydroxylation is 1. The Morgan fingerprint density at radius 2 is 1.79 bits per heavy atom. The van der Waals surface area contributed by atoms with Crippen molar-refractivity contribution < 1.29 is 14.3 Å². The second kappa shape index (κ2) is 6.86. The van der Waals surface area contributed by atoms with E-state index in [1.165, 1.54) is 0 Å². The van der Waals surface area contributed by atoms with Crippen LogP contribution in [0.3, 0.4) is 0 Å². The van der Waals surface area contributed by atoms with Crippen LogP contribution in [0.5, 0.6) is 0 Å². The molecule has 2 aromatic rings. The fraction of sp³-hybridized carbons (Fsp3) is 0.389. The van der Waals surface area contributed by atoms with E-state index in [2.05, 4.69) is 5.10 Å². The number of aromatic nitrogens is 2. The molecule has 126 valence electrons. The van der Waals surface area contributed by atoms with Crippen LogP contribution >= 0.6 is 0 Å². The van der Waals surface area contributed by atoms with Gasteiger partial charge in [0.15, 0.2) is 6.10 Å². The van der Waals surface area contributed by atoms with Crippen LogP contribution in [0, 0.1) is 6.92 Å². The van der Waals surface area contributed by atoms with Crippen molar-refractivity contribution in [1.82, 2.24) is 14.7 Å². The number of carbonyl (C=O) groups excluding carboxylic acids is 2. The number of benzene rings is 1. The van der Waals surface area contributed by atoms with Crippen LogP contribution in [0.1, 0.15) is 35.8 Å². The molecular weight excluding hydrogens is 306 g/mol. The minimum absolute atomic E-state index is 0.121. The molecule has 1 aromatic heterocycles. The largest absolute Gasteiger partial charge is 0.449 e. The van der Waals surface area contributed by atoms with Crippen LogP contribution in [-0.4, -0.2) is 45.8 Å². The van der Waals surface area contributed by atoms with Gasteiger partial charge >= 0.3 is 5.97 Å². The lowest BCUT2D eigenvalue weighted by Gasteiger charge is -2.20. The van der Waals surface area contributed by atoms with Gasteiger partial charge in [0.25, 0.3) is 5.91 Å². The van der Waals surface area contributed by atoms with Gasteiger partial charge < -0.3 is 9.64 Å². The van der Waals surface area contributed by atoms with Gasteiger partial charge in [0.2, 0.25) is 0 Å². The third-order valence-corrected chi connectivity index (χ3v) is 4.23. The van der Waals surface area contributed by atoms with Crippen molar-refractivity contribution in [1.29, 1.82) is 0 Å². The number of rotatable bonds is 4. The van der Waals surface area contributed by atoms with Crippen LogP contribution in [0.15, 0.2) is 36.5 Å². The van der Waals surface area contributed by atoms with Gasteiger partial charge in [0, 0.05) is 25.0 Å². The fourth-order valence-corrected chi connectivity index (χ4v) is 2.85. The molecule has 0 unspecified atom stereocenters. The Morgan fingerprint density at radius 1 is 1.12 bits per heavy atom. The van der Waals surface area contributed by atoms with Crippen LogP contribution in [0.2, 0.25) is 0 Å². The van der Waals surface area contributed by atoms with Crippen molar-refractivity contribution in [3.8, 4) is 5.69 Å². The number of carbonyl (C=O) groups is 2. The Labute approximate surface area is 141 Å². The van der Waals surface area contributed by atoms with Crippen molar-refractivity contribution in [2.75, 3.05) is 13.1 Å². The Bertz CT molecular complexity index is 730. The van der Waals surface area contributed by atoms with Gasteiger partial charge in [0.05, 0.1) is 11.3 Å². The van der Waals surface area contributed by atoms with Gasteiger partial charge in [0.1, 0.15) is 0 Å². The molecular formula is C18H21N3O3. The van der Waals surface area contributed by atoms with Crippen molar-refractivity contribution in [3.05, 3.63) is 47.8 Å². The summed E-state index contributed by atoms with van der Waals surface area (Å²) in [7, 11) is 0. The van der Waals surface area contributed by atoms with Crippen LogP contribution in [0.4, 0.5) is 0 Å². The molecule has 3 rings (SSSR count). The highest BCUT2D eigenvalue weighted by Gasteiger charge is 2.26. The molecule has 1 fully saturated rings. The van der Waals surface area contributed by atoms with Gasteiger partial charge in [-0.1, -0.05) is 0 Å². The van der Waals surface area contributed by atoms with E-state index in [0.29, 0.717) is 5.56 Å². The molecule has 1 aromatic carbocycles. The topological polar surface area (TPSA) is 64.4 Å². The molecule has 2 heterocycles. The standard InChI is InChI=1S/C18H21N3O3/c1-13-9-10-19-21(13)16-7-5-15(6-8-16)18(23)24-14(2)17(22)20-11-3-4-12-20/h5-10,14H,3-4,11-12H2,1-2H3/t14-/m1/s1. The average molecular weight is 327 g/mol. The Kier molecular flexibility index (Phi) is 4.64. The molecule has 1 amide bonds. The van der Waals surface area contributed by atoms with Gasteiger partial charge in [-0.25, -0.2) is 9.48 Å². The van der Waals surface area contributed by atoms with E-state index in [0.717, 1.165) is 37.3 Å². The van der Waals surface area contributed by atoms with Crippen LogP contribution < -0.4 is 0 Å². The van der Waals surface area contributed by atoms with E-state index in [1.807, 2.05) is 25.1 Å². The van der Waals surface area contributed by atoms with Crippen molar-refractivity contribution in [3.63, 3.8) is 0 Å². The minimum atomic E-state index is -0.761. The molecule has 1 saturated heterocycles. The first-order valence-electron chi connectivity index (χ1n) is 8.17. The van der Waals surface area contributed by atoms with Gasteiger partial charge in [-0.15, -0.1) is 0 Å². The molecule has 0 saturated carbocycles. The molecule has 0 bridgehead atoms. The minimum Gasteiger partial charge on any atom is -0.449 e. The summed E-state index contributed by atoms with van der Waals surface area (Å²) in [6.45, 7) is 5.08. The van der Waals surface area contributed by atoms with Gasteiger partial charge in [-0.05, 0) is 57.0 Å². The molecule has 0 spiro atoms. The molecule has 1 aliphatic heterocycles. The number of esters is 1. The predicted molar refractivity (Wildman–Crippen MR) is 89.0 cm³/mol. The normalized spacial score (nSPS) is 15.3. The number of ether oxygens (including phenoxy) is 1. The zero-order valence-electron chi connectivity index (χ0n) is 13.9. The summed E-state index contributed by atoms with van der Waals surface area (Å²) in [4.78, 5) is 26.2. The van der Waals surface area contributed by atoms with Crippen LogP contribution in [0.25, 0.3) is 5.69 Å². The quantitative estimate of drug-likeness (QED) is 0.809. The molecule has 6 heteroatoms. The maximum atomic E-state index is 12.2. The zero-order valence-corrected chi connectivity index (χ0v) is 13.9. The molecule has 0 aliphatic carbocycles. The fourth-order valence-electron chi connectivity index (χ4n) is 2.85. The maximum absolute atomic E-state index is 12.2. The molecule has 1 atom stereocenters. The van der Waals surface area contributed by atoms with E-state index in [1.54, 1.807) is 34.8 Å². The summed E-state index contributed by atoms with van der Waals surface area (Å²) in [5.74, 6) is -0.608. The van der Waals surface area contributed by atoms with E-state index >= 15 is 0 Å². The molecule has 6 nitrogen and oxygen atoms in total. The highest BCUT2D eigenvalue weighted by atomic mass is 16.5. The molecule has 1 aliphatic rings. The number of hydrogen-bond acceptors (Lipinski definition) is 4. The van der Waals surface area contributed by atoms with Crippen LogP contribution in [-0.2, 0) is 9.53 Å². The average Bonchev–Trinajstić information content (AvgIpc) is 3.25. The van der Waals surface area contributed by atoms with E-state index in [-0.39, 0.29) is 5.91 Å². The third-order valence-electron chi connectivity index (χ3n) is 4.23. The smallest absolute Gasteiger partial charge is 0.338 e. The Hall–Kier alpha value is -2.63. The zero-order chi connectivity index (χ0) is 17.1. The predicted octanol–water partition coefficient (Wildman–Crippen LogP) is 2.35. The summed E-state index contributed by atoms with van der Waals surface area (Å²) in [5, 5.41) is 4.23.